The van der Waals surface area contributed by atoms with Gasteiger partial charge >= 0.3 is 0 Å². The molecule has 2 aliphatic heterocycles. The monoisotopic (exact) mass is 497 g/mol. The van der Waals surface area contributed by atoms with E-state index in [1.807, 2.05) is 6.08 Å². The van der Waals surface area contributed by atoms with Gasteiger partial charge in [-0.15, -0.1) is 0 Å². The molecular weight excluding hydrogens is 473 g/mol. The molecule has 0 aliphatic carbocycles. The number of halogens is 2. The quantitative estimate of drug-likeness (QED) is 0.344. The highest BCUT2D eigenvalue weighted by Gasteiger charge is 2.33. The van der Waals surface area contributed by atoms with Gasteiger partial charge in [0.15, 0.2) is 0 Å². The Morgan fingerprint density at radius 3 is 2.97 bits per heavy atom. The Bertz CT molecular complexity index is 1290. The van der Waals surface area contributed by atoms with Gasteiger partial charge in [0, 0.05) is 48.8 Å². The van der Waals surface area contributed by atoms with Gasteiger partial charge in [-0.05, 0) is 43.1 Å². The van der Waals surface area contributed by atoms with Gasteiger partial charge in [-0.2, -0.15) is 0 Å². The number of hydrogen-bond acceptors (Lipinski definition) is 7. The second kappa shape index (κ2) is 10.2. The SMILES string of the molecule is O=C(/C=C/CN1CCC2COCC2C1)Nc1cc2c(Nc3ccc(F)c(Cl)c3)ncnc2cc1O. The summed E-state index contributed by atoms with van der Waals surface area (Å²) in [6, 6.07) is 7.27. The van der Waals surface area contributed by atoms with Crippen LogP contribution in [0.1, 0.15) is 6.42 Å². The molecule has 2 atom stereocenters. The number of nitrogens with one attached hydrogen (secondary N) is 2. The van der Waals surface area contributed by atoms with Crippen LogP contribution in [0.25, 0.3) is 10.9 Å². The lowest BCUT2D eigenvalue weighted by atomic mass is 9.89. The molecule has 3 aromatic rings. The number of carbonyl (C=O) groups is 1. The van der Waals surface area contributed by atoms with Crippen molar-refractivity contribution in [2.75, 3.05) is 43.5 Å². The highest BCUT2D eigenvalue weighted by atomic mass is 35.5. The van der Waals surface area contributed by atoms with Crippen molar-refractivity contribution in [2.24, 2.45) is 11.8 Å². The highest BCUT2D eigenvalue weighted by Crippen LogP contribution is 2.33. The van der Waals surface area contributed by atoms with Gasteiger partial charge in [-0.1, -0.05) is 17.7 Å². The van der Waals surface area contributed by atoms with Crippen LogP contribution in [0.15, 0.2) is 48.8 Å². The van der Waals surface area contributed by atoms with Gasteiger partial charge in [0.05, 0.1) is 22.8 Å². The second-order valence-corrected chi connectivity index (χ2v) is 9.27. The number of carbonyl (C=O) groups excluding carboxylic acids is 1. The number of piperidine rings is 1. The van der Waals surface area contributed by atoms with Gasteiger partial charge in [0.2, 0.25) is 5.91 Å². The first kappa shape index (κ1) is 23.5. The zero-order valence-electron chi connectivity index (χ0n) is 18.9. The fraction of sp³-hybridized carbons (Fsp3) is 0.320. The largest absolute Gasteiger partial charge is 0.506 e. The number of phenols is 1. The average Bonchev–Trinajstić information content (AvgIpc) is 3.30. The average molecular weight is 498 g/mol. The number of likely N-dealkylation sites (tertiary alicyclic amines) is 1. The Kier molecular flexibility index (Phi) is 6.81. The maximum Gasteiger partial charge on any atom is 0.248 e. The molecule has 0 bridgehead atoms. The van der Waals surface area contributed by atoms with Crippen molar-refractivity contribution in [1.29, 1.82) is 0 Å². The van der Waals surface area contributed by atoms with Crippen molar-refractivity contribution >= 4 is 45.6 Å². The summed E-state index contributed by atoms with van der Waals surface area (Å²) in [4.78, 5) is 23.3. The number of rotatable bonds is 6. The van der Waals surface area contributed by atoms with E-state index in [2.05, 4.69) is 25.5 Å². The van der Waals surface area contributed by atoms with E-state index in [4.69, 9.17) is 16.3 Å². The van der Waals surface area contributed by atoms with Crippen molar-refractivity contribution in [3.63, 3.8) is 0 Å². The fourth-order valence-corrected chi connectivity index (χ4v) is 4.77. The molecule has 3 N–H and O–H groups in total. The smallest absolute Gasteiger partial charge is 0.248 e. The summed E-state index contributed by atoms with van der Waals surface area (Å²) in [5.41, 5.74) is 1.23. The Morgan fingerprint density at radius 2 is 2.11 bits per heavy atom. The Balaban J connectivity index is 1.27. The van der Waals surface area contributed by atoms with Gasteiger partial charge in [0.25, 0.3) is 0 Å². The normalized spacial score (nSPS) is 20.3. The molecule has 8 nitrogen and oxygen atoms in total. The van der Waals surface area contributed by atoms with Crippen LogP contribution in [0.4, 0.5) is 21.6 Å². The lowest BCUT2D eigenvalue weighted by Crippen LogP contribution is -2.39. The molecule has 3 heterocycles. The molecule has 2 unspecified atom stereocenters. The van der Waals surface area contributed by atoms with E-state index in [0.29, 0.717) is 40.8 Å². The first-order valence-corrected chi connectivity index (χ1v) is 11.8. The summed E-state index contributed by atoms with van der Waals surface area (Å²) < 4.78 is 19.1. The van der Waals surface area contributed by atoms with Gasteiger partial charge in [-0.3, -0.25) is 9.69 Å². The van der Waals surface area contributed by atoms with E-state index < -0.39 is 5.82 Å². The van der Waals surface area contributed by atoms with Gasteiger partial charge in [-0.25, -0.2) is 14.4 Å². The van der Waals surface area contributed by atoms with Gasteiger partial charge < -0.3 is 20.5 Å². The number of aromatic hydroxyl groups is 1. The van der Waals surface area contributed by atoms with Crippen LogP contribution in [0.3, 0.4) is 0 Å². The molecule has 0 radical (unpaired) electrons. The zero-order chi connectivity index (χ0) is 24.4. The van der Waals surface area contributed by atoms with Crippen molar-refractivity contribution in [3.05, 3.63) is 59.7 Å². The lowest BCUT2D eigenvalue weighted by Gasteiger charge is -2.33. The maximum atomic E-state index is 13.5. The molecule has 2 fully saturated rings. The van der Waals surface area contributed by atoms with Crippen LogP contribution < -0.4 is 10.6 Å². The Hall–Kier alpha value is -3.27. The van der Waals surface area contributed by atoms with Gasteiger partial charge in [0.1, 0.15) is 23.7 Å². The zero-order valence-corrected chi connectivity index (χ0v) is 19.6. The number of phenolic OH excluding ortho intramolecular Hbond substituents is 1. The molecule has 5 rings (SSSR count). The summed E-state index contributed by atoms with van der Waals surface area (Å²) in [6.45, 7) is 4.35. The minimum atomic E-state index is -0.523. The van der Waals surface area contributed by atoms with Crippen LogP contribution in [0.2, 0.25) is 5.02 Å². The predicted molar refractivity (Wildman–Crippen MR) is 133 cm³/mol. The number of aromatic nitrogens is 2. The van der Waals surface area contributed by atoms with Crippen molar-refractivity contribution in [3.8, 4) is 5.75 Å². The molecule has 2 saturated heterocycles. The molecule has 1 aromatic heterocycles. The minimum Gasteiger partial charge on any atom is -0.506 e. The predicted octanol–water partition coefficient (Wildman–Crippen LogP) is 4.33. The maximum absolute atomic E-state index is 13.5. The summed E-state index contributed by atoms with van der Waals surface area (Å²) in [6.07, 6.45) is 5.77. The molecule has 10 heteroatoms. The lowest BCUT2D eigenvalue weighted by molar-refractivity contribution is -0.111. The van der Waals surface area contributed by atoms with Crippen LogP contribution in [-0.4, -0.2) is 58.7 Å². The number of hydrogen-bond donors (Lipinski definition) is 3. The Labute approximate surface area is 206 Å². The van der Waals surface area contributed by atoms with Crippen LogP contribution in [0.5, 0.6) is 5.75 Å². The number of anilines is 3. The topological polar surface area (TPSA) is 99.6 Å². The van der Waals surface area contributed by atoms with E-state index in [-0.39, 0.29) is 22.4 Å². The molecule has 2 aromatic carbocycles. The first-order chi connectivity index (χ1) is 17.0. The molecular formula is C25H25ClFN5O3. The number of fused-ring (bicyclic) bond motifs is 2. The number of benzene rings is 2. The fourth-order valence-electron chi connectivity index (χ4n) is 4.59. The number of amides is 1. The van der Waals surface area contributed by atoms with E-state index in [1.54, 1.807) is 6.07 Å². The van der Waals surface area contributed by atoms with E-state index >= 15 is 0 Å². The molecule has 0 saturated carbocycles. The molecule has 2 aliphatic rings. The number of ether oxygens (including phenoxy) is 1. The van der Waals surface area contributed by atoms with E-state index in [0.717, 1.165) is 32.7 Å². The summed E-state index contributed by atoms with van der Waals surface area (Å²) >= 11 is 5.87. The molecule has 1 amide bonds. The van der Waals surface area contributed by atoms with Crippen molar-refractivity contribution in [2.45, 2.75) is 6.42 Å². The first-order valence-electron chi connectivity index (χ1n) is 11.4. The van der Waals surface area contributed by atoms with Crippen molar-refractivity contribution < 1.29 is 19.0 Å². The third-order valence-corrected chi connectivity index (χ3v) is 6.75. The second-order valence-electron chi connectivity index (χ2n) is 8.86. The summed E-state index contributed by atoms with van der Waals surface area (Å²) in [5.74, 6) is 0.675. The summed E-state index contributed by atoms with van der Waals surface area (Å²) in [7, 11) is 0. The number of nitrogens with zero attached hydrogens (tertiary/aromatic N) is 3. The molecule has 182 valence electrons. The molecule has 0 spiro atoms. The summed E-state index contributed by atoms with van der Waals surface area (Å²) in [5, 5.41) is 16.8. The Morgan fingerprint density at radius 1 is 1.26 bits per heavy atom. The van der Waals surface area contributed by atoms with Crippen molar-refractivity contribution in [1.82, 2.24) is 14.9 Å². The molecule has 35 heavy (non-hydrogen) atoms. The standard InChI is InChI=1S/C25H25ClFN5O3/c26-19-8-17(3-4-20(19)27)30-25-18-9-22(23(33)10-21(18)28-14-29-25)31-24(34)2-1-6-32-7-5-15-12-35-13-16(15)11-32/h1-4,8-10,14-16,33H,5-7,11-13H2,(H,31,34)(H,28,29,30)/b2-1+. The highest BCUT2D eigenvalue weighted by molar-refractivity contribution is 6.31. The van der Waals surface area contributed by atoms with Crippen LogP contribution >= 0.6 is 11.6 Å². The third-order valence-electron chi connectivity index (χ3n) is 6.47. The minimum absolute atomic E-state index is 0.0216. The van der Waals surface area contributed by atoms with E-state index in [9.17, 15) is 14.3 Å². The van der Waals surface area contributed by atoms with Crippen LogP contribution in [0, 0.1) is 17.7 Å². The van der Waals surface area contributed by atoms with Crippen LogP contribution in [-0.2, 0) is 9.53 Å². The third kappa shape index (κ3) is 5.37. The van der Waals surface area contributed by atoms with E-state index in [1.165, 1.54) is 36.7 Å².